The molecular weight excluding hydrogens is 214 g/mol. The van der Waals surface area contributed by atoms with Gasteiger partial charge in [-0.2, -0.15) is 0 Å². The van der Waals surface area contributed by atoms with Gasteiger partial charge in [-0.05, 0) is 24.2 Å². The van der Waals surface area contributed by atoms with Gasteiger partial charge in [0.1, 0.15) is 12.4 Å². The molecule has 92 valence electrons. The molecule has 0 heterocycles. The summed E-state index contributed by atoms with van der Waals surface area (Å²) in [5.74, 6) is 6.46. The Morgan fingerprint density at radius 1 is 1.24 bits per heavy atom. The van der Waals surface area contributed by atoms with Crippen LogP contribution in [-0.4, -0.2) is 36.8 Å². The predicted octanol–water partition coefficient (Wildman–Crippen LogP) is 1.51. The van der Waals surface area contributed by atoms with Crippen LogP contribution >= 0.6 is 0 Å². The lowest BCUT2D eigenvalue weighted by Gasteiger charge is -2.17. The van der Waals surface area contributed by atoms with Crippen LogP contribution in [0, 0.1) is 11.8 Å². The molecule has 0 aliphatic rings. The van der Waals surface area contributed by atoms with Crippen LogP contribution in [0.15, 0.2) is 24.3 Å². The maximum Gasteiger partial charge on any atom is 0.118 e. The minimum Gasteiger partial charge on any atom is -0.497 e. The van der Waals surface area contributed by atoms with Gasteiger partial charge in [0.25, 0.3) is 0 Å². The molecule has 0 fully saturated rings. The van der Waals surface area contributed by atoms with Crippen LogP contribution in [0.1, 0.15) is 12.5 Å². The van der Waals surface area contributed by atoms with Crippen LogP contribution in [0.3, 0.4) is 0 Å². The van der Waals surface area contributed by atoms with Crippen LogP contribution in [0.4, 0.5) is 0 Å². The predicted molar refractivity (Wildman–Crippen MR) is 68.8 cm³/mol. The second-order valence-electron chi connectivity index (χ2n) is 3.66. The molecule has 0 radical (unpaired) electrons. The van der Waals surface area contributed by atoms with Crippen molar-refractivity contribution in [2.45, 2.75) is 13.5 Å². The number of methoxy groups -OCH3 is 1. The Labute approximate surface area is 103 Å². The summed E-state index contributed by atoms with van der Waals surface area (Å²) in [6, 6.07) is 8.03. The van der Waals surface area contributed by atoms with E-state index in [2.05, 4.69) is 35.8 Å². The standard InChI is InChI=1S/C14H19NO2/c1-3-15(10-4-5-11-16)12-13-6-8-14(17-2)9-7-13/h6-9,16H,3,10-12H2,1-2H3. The van der Waals surface area contributed by atoms with Gasteiger partial charge in [-0.3, -0.25) is 4.90 Å². The van der Waals surface area contributed by atoms with Gasteiger partial charge in [0.05, 0.1) is 13.7 Å². The molecule has 0 saturated heterocycles. The molecule has 1 aromatic rings. The molecule has 0 amide bonds. The van der Waals surface area contributed by atoms with E-state index in [1.165, 1.54) is 5.56 Å². The number of hydrogen-bond donors (Lipinski definition) is 1. The van der Waals surface area contributed by atoms with Gasteiger partial charge in [0.15, 0.2) is 0 Å². The van der Waals surface area contributed by atoms with Gasteiger partial charge in [0, 0.05) is 6.54 Å². The van der Waals surface area contributed by atoms with Crippen LogP contribution < -0.4 is 4.74 Å². The molecule has 0 aromatic heterocycles. The topological polar surface area (TPSA) is 32.7 Å². The SMILES string of the molecule is CCN(CC#CCO)Cc1ccc(OC)cc1. The Kier molecular flexibility index (Phi) is 6.16. The van der Waals surface area contributed by atoms with Gasteiger partial charge >= 0.3 is 0 Å². The third-order valence-electron chi connectivity index (χ3n) is 2.52. The van der Waals surface area contributed by atoms with Crippen molar-refractivity contribution < 1.29 is 9.84 Å². The van der Waals surface area contributed by atoms with E-state index in [0.29, 0.717) is 6.54 Å². The maximum atomic E-state index is 8.59. The number of rotatable bonds is 5. The van der Waals surface area contributed by atoms with E-state index in [4.69, 9.17) is 9.84 Å². The van der Waals surface area contributed by atoms with E-state index in [0.717, 1.165) is 18.8 Å². The number of aliphatic hydroxyl groups excluding tert-OH is 1. The molecule has 0 unspecified atom stereocenters. The Balaban J connectivity index is 2.54. The number of benzene rings is 1. The Morgan fingerprint density at radius 3 is 2.47 bits per heavy atom. The third-order valence-corrected chi connectivity index (χ3v) is 2.52. The second kappa shape index (κ2) is 7.72. The Hall–Kier alpha value is -1.50. The normalized spacial score (nSPS) is 9.88. The average Bonchev–Trinajstić information content (AvgIpc) is 2.38. The highest BCUT2D eigenvalue weighted by atomic mass is 16.5. The number of nitrogens with zero attached hydrogens (tertiary/aromatic N) is 1. The minimum atomic E-state index is -0.0694. The first-order valence-electron chi connectivity index (χ1n) is 5.72. The van der Waals surface area contributed by atoms with Gasteiger partial charge in [0.2, 0.25) is 0 Å². The summed E-state index contributed by atoms with van der Waals surface area (Å²) in [6.45, 7) is 4.51. The van der Waals surface area contributed by atoms with Gasteiger partial charge in [-0.1, -0.05) is 30.9 Å². The van der Waals surface area contributed by atoms with Crippen molar-refractivity contribution in [1.82, 2.24) is 4.90 Å². The van der Waals surface area contributed by atoms with E-state index in [-0.39, 0.29) is 6.61 Å². The molecule has 3 nitrogen and oxygen atoms in total. The lowest BCUT2D eigenvalue weighted by molar-refractivity contribution is 0.314. The fraction of sp³-hybridized carbons (Fsp3) is 0.429. The summed E-state index contributed by atoms with van der Waals surface area (Å²) in [7, 11) is 1.66. The molecule has 3 heteroatoms. The highest BCUT2D eigenvalue weighted by Crippen LogP contribution is 2.12. The van der Waals surface area contributed by atoms with Crippen molar-refractivity contribution in [2.24, 2.45) is 0 Å². The number of hydrogen-bond acceptors (Lipinski definition) is 3. The fourth-order valence-corrected chi connectivity index (χ4v) is 1.49. The Bertz CT molecular complexity index is 375. The summed E-state index contributed by atoms with van der Waals surface area (Å²) in [5, 5.41) is 8.59. The van der Waals surface area contributed by atoms with Crippen molar-refractivity contribution >= 4 is 0 Å². The summed E-state index contributed by atoms with van der Waals surface area (Å²) < 4.78 is 5.12. The van der Waals surface area contributed by atoms with Gasteiger partial charge in [-0.25, -0.2) is 0 Å². The van der Waals surface area contributed by atoms with Crippen LogP contribution in [0.25, 0.3) is 0 Å². The molecule has 0 aliphatic carbocycles. The van der Waals surface area contributed by atoms with E-state index in [1.54, 1.807) is 7.11 Å². The molecule has 0 spiro atoms. The van der Waals surface area contributed by atoms with Crippen molar-refractivity contribution in [1.29, 1.82) is 0 Å². The summed E-state index contributed by atoms with van der Waals surface area (Å²) >= 11 is 0. The second-order valence-corrected chi connectivity index (χ2v) is 3.66. The van der Waals surface area contributed by atoms with Crippen molar-refractivity contribution in [3.05, 3.63) is 29.8 Å². The quantitative estimate of drug-likeness (QED) is 0.783. The first kappa shape index (κ1) is 13.6. The Morgan fingerprint density at radius 2 is 1.94 bits per heavy atom. The largest absolute Gasteiger partial charge is 0.497 e. The third kappa shape index (κ3) is 4.90. The smallest absolute Gasteiger partial charge is 0.118 e. The summed E-state index contributed by atoms with van der Waals surface area (Å²) in [6.07, 6.45) is 0. The van der Waals surface area contributed by atoms with Crippen molar-refractivity contribution in [3.8, 4) is 17.6 Å². The van der Waals surface area contributed by atoms with Crippen molar-refractivity contribution in [3.63, 3.8) is 0 Å². The zero-order valence-electron chi connectivity index (χ0n) is 10.4. The van der Waals surface area contributed by atoms with Crippen molar-refractivity contribution in [2.75, 3.05) is 26.8 Å². The minimum absolute atomic E-state index is 0.0694. The van der Waals surface area contributed by atoms with Crippen LogP contribution in [0.5, 0.6) is 5.75 Å². The lowest BCUT2D eigenvalue weighted by Crippen LogP contribution is -2.23. The number of ether oxygens (including phenoxy) is 1. The van der Waals surface area contributed by atoms with Crippen LogP contribution in [-0.2, 0) is 6.54 Å². The van der Waals surface area contributed by atoms with Gasteiger partial charge in [-0.15, -0.1) is 0 Å². The zero-order valence-corrected chi connectivity index (χ0v) is 10.4. The highest BCUT2D eigenvalue weighted by Gasteiger charge is 2.01. The van der Waals surface area contributed by atoms with E-state index >= 15 is 0 Å². The van der Waals surface area contributed by atoms with E-state index in [1.807, 2.05) is 12.1 Å². The molecule has 17 heavy (non-hydrogen) atoms. The molecular formula is C14H19NO2. The molecule has 1 N–H and O–H groups in total. The summed E-state index contributed by atoms with van der Waals surface area (Å²) in [5.41, 5.74) is 1.23. The monoisotopic (exact) mass is 233 g/mol. The highest BCUT2D eigenvalue weighted by molar-refractivity contribution is 5.27. The first-order valence-corrected chi connectivity index (χ1v) is 5.72. The molecule has 0 saturated carbocycles. The molecule has 1 rings (SSSR count). The van der Waals surface area contributed by atoms with E-state index < -0.39 is 0 Å². The maximum absolute atomic E-state index is 8.59. The average molecular weight is 233 g/mol. The lowest BCUT2D eigenvalue weighted by atomic mass is 10.2. The molecule has 1 aromatic carbocycles. The molecule has 0 aliphatic heterocycles. The number of aliphatic hydroxyl groups is 1. The van der Waals surface area contributed by atoms with Crippen LogP contribution in [0.2, 0.25) is 0 Å². The van der Waals surface area contributed by atoms with Gasteiger partial charge < -0.3 is 9.84 Å². The molecule has 0 atom stereocenters. The first-order chi connectivity index (χ1) is 8.30. The molecule has 0 bridgehead atoms. The summed E-state index contributed by atoms with van der Waals surface area (Å²) in [4.78, 5) is 2.21. The zero-order chi connectivity index (χ0) is 12.5. The fourth-order valence-electron chi connectivity index (χ4n) is 1.49. The van der Waals surface area contributed by atoms with E-state index in [9.17, 15) is 0 Å².